The number of imide groups is 1. The van der Waals surface area contributed by atoms with Crippen molar-refractivity contribution >= 4 is 17.7 Å². The first-order valence-corrected chi connectivity index (χ1v) is 8.97. The molecule has 0 atom stereocenters. The molecular formula is C21H22N2O4. The summed E-state index contributed by atoms with van der Waals surface area (Å²) in [4.78, 5) is 36.2. The molecule has 1 aliphatic heterocycles. The highest BCUT2D eigenvalue weighted by Gasteiger charge is 2.28. The van der Waals surface area contributed by atoms with Crippen LogP contribution in [0.4, 0.5) is 0 Å². The Bertz CT molecular complexity index is 804. The Morgan fingerprint density at radius 3 is 2.41 bits per heavy atom. The van der Waals surface area contributed by atoms with E-state index < -0.39 is 0 Å². The van der Waals surface area contributed by atoms with Gasteiger partial charge >= 0.3 is 0 Å². The summed E-state index contributed by atoms with van der Waals surface area (Å²) in [6.07, 6.45) is 0.605. The molecule has 27 heavy (non-hydrogen) atoms. The molecule has 0 radical (unpaired) electrons. The monoisotopic (exact) mass is 366 g/mol. The molecule has 0 aromatic heterocycles. The van der Waals surface area contributed by atoms with E-state index in [1.807, 2.05) is 54.6 Å². The van der Waals surface area contributed by atoms with Crippen LogP contribution in [0.5, 0.6) is 5.75 Å². The normalized spacial score (nSPS) is 13.7. The molecule has 0 bridgehead atoms. The van der Waals surface area contributed by atoms with Crippen LogP contribution < -0.4 is 10.1 Å². The van der Waals surface area contributed by atoms with Crippen LogP contribution in [0, 0.1) is 0 Å². The summed E-state index contributed by atoms with van der Waals surface area (Å²) in [5.41, 5.74) is 2.00. The third-order valence-electron chi connectivity index (χ3n) is 4.35. The Labute approximate surface area is 158 Å². The van der Waals surface area contributed by atoms with Crippen LogP contribution in [-0.2, 0) is 27.5 Å². The maximum Gasteiger partial charge on any atom is 0.229 e. The standard InChI is InChI=1S/C21H22N2O4/c24-19(11-12-23-20(25)9-10-21(23)26)22-14-17-7-4-8-18(13-17)27-15-16-5-2-1-3-6-16/h1-8,13H,9-12,14-15H2,(H,22,24). The van der Waals surface area contributed by atoms with Crippen LogP contribution in [0.25, 0.3) is 0 Å². The molecule has 0 unspecified atom stereocenters. The second-order valence-electron chi connectivity index (χ2n) is 6.39. The van der Waals surface area contributed by atoms with Crippen molar-refractivity contribution in [3.05, 3.63) is 65.7 Å². The van der Waals surface area contributed by atoms with Gasteiger partial charge in [-0.05, 0) is 23.3 Å². The molecule has 6 nitrogen and oxygen atoms in total. The Kier molecular flexibility index (Phi) is 6.20. The van der Waals surface area contributed by atoms with E-state index in [9.17, 15) is 14.4 Å². The van der Waals surface area contributed by atoms with Crippen molar-refractivity contribution < 1.29 is 19.1 Å². The largest absolute Gasteiger partial charge is 0.489 e. The van der Waals surface area contributed by atoms with Gasteiger partial charge in [0.2, 0.25) is 17.7 Å². The molecule has 0 spiro atoms. The van der Waals surface area contributed by atoms with Gasteiger partial charge in [-0.15, -0.1) is 0 Å². The van der Waals surface area contributed by atoms with E-state index in [-0.39, 0.29) is 43.5 Å². The lowest BCUT2D eigenvalue weighted by molar-refractivity contribution is -0.138. The maximum absolute atomic E-state index is 12.0. The van der Waals surface area contributed by atoms with E-state index in [1.54, 1.807) is 0 Å². The fourth-order valence-corrected chi connectivity index (χ4v) is 2.86. The lowest BCUT2D eigenvalue weighted by atomic mass is 10.2. The zero-order chi connectivity index (χ0) is 19.1. The van der Waals surface area contributed by atoms with Crippen LogP contribution >= 0.6 is 0 Å². The van der Waals surface area contributed by atoms with Crippen LogP contribution in [0.2, 0.25) is 0 Å². The highest BCUT2D eigenvalue weighted by atomic mass is 16.5. The summed E-state index contributed by atoms with van der Waals surface area (Å²) in [5.74, 6) is 0.143. The van der Waals surface area contributed by atoms with E-state index in [0.29, 0.717) is 13.2 Å². The number of ether oxygens (including phenoxy) is 1. The van der Waals surface area contributed by atoms with E-state index in [1.165, 1.54) is 0 Å². The summed E-state index contributed by atoms with van der Waals surface area (Å²) < 4.78 is 5.78. The van der Waals surface area contributed by atoms with Gasteiger partial charge in [-0.1, -0.05) is 42.5 Å². The van der Waals surface area contributed by atoms with Crippen molar-refractivity contribution in [1.29, 1.82) is 0 Å². The first-order chi connectivity index (χ1) is 13.1. The van der Waals surface area contributed by atoms with Crippen LogP contribution in [-0.4, -0.2) is 29.2 Å². The Morgan fingerprint density at radius 2 is 1.67 bits per heavy atom. The average molecular weight is 366 g/mol. The van der Waals surface area contributed by atoms with Crippen LogP contribution in [0.3, 0.4) is 0 Å². The average Bonchev–Trinajstić information content (AvgIpc) is 3.02. The van der Waals surface area contributed by atoms with Crippen molar-refractivity contribution in [2.24, 2.45) is 0 Å². The molecule has 1 heterocycles. The minimum absolute atomic E-state index is 0.113. The quantitative estimate of drug-likeness (QED) is 0.728. The topological polar surface area (TPSA) is 75.7 Å². The van der Waals surface area contributed by atoms with E-state index in [2.05, 4.69) is 5.32 Å². The molecule has 2 aromatic rings. The van der Waals surface area contributed by atoms with Gasteiger partial charge in [-0.3, -0.25) is 19.3 Å². The van der Waals surface area contributed by atoms with Crippen molar-refractivity contribution in [3.8, 4) is 5.75 Å². The number of likely N-dealkylation sites (tertiary alicyclic amines) is 1. The number of hydrogen-bond donors (Lipinski definition) is 1. The molecule has 3 rings (SSSR count). The third-order valence-corrected chi connectivity index (χ3v) is 4.35. The van der Waals surface area contributed by atoms with Gasteiger partial charge in [-0.2, -0.15) is 0 Å². The maximum atomic E-state index is 12.0. The molecule has 0 aliphatic carbocycles. The highest BCUT2D eigenvalue weighted by Crippen LogP contribution is 2.15. The molecule has 1 N–H and O–H groups in total. The number of nitrogens with zero attached hydrogens (tertiary/aromatic N) is 1. The molecule has 140 valence electrons. The summed E-state index contributed by atoms with van der Waals surface area (Å²) in [5, 5.41) is 2.81. The number of carbonyl (C=O) groups is 3. The van der Waals surface area contributed by atoms with E-state index >= 15 is 0 Å². The molecule has 3 amide bonds. The predicted molar refractivity (Wildman–Crippen MR) is 99.6 cm³/mol. The number of amides is 3. The predicted octanol–water partition coefficient (Wildman–Crippen LogP) is 2.42. The van der Waals surface area contributed by atoms with Crippen molar-refractivity contribution in [2.75, 3.05) is 6.54 Å². The molecule has 2 aromatic carbocycles. The van der Waals surface area contributed by atoms with Crippen molar-refractivity contribution in [2.45, 2.75) is 32.4 Å². The van der Waals surface area contributed by atoms with Gasteiger partial charge in [0.25, 0.3) is 0 Å². The Hall–Kier alpha value is -3.15. The molecular weight excluding hydrogens is 344 g/mol. The summed E-state index contributed by atoms with van der Waals surface area (Å²) >= 11 is 0. The first-order valence-electron chi connectivity index (χ1n) is 8.97. The molecule has 1 aliphatic rings. The second kappa shape index (κ2) is 8.98. The van der Waals surface area contributed by atoms with Gasteiger partial charge in [-0.25, -0.2) is 0 Å². The minimum Gasteiger partial charge on any atom is -0.489 e. The van der Waals surface area contributed by atoms with Crippen molar-refractivity contribution in [1.82, 2.24) is 10.2 Å². The van der Waals surface area contributed by atoms with E-state index in [4.69, 9.17) is 4.74 Å². The zero-order valence-electron chi connectivity index (χ0n) is 15.0. The number of hydrogen-bond acceptors (Lipinski definition) is 4. The number of benzene rings is 2. The Morgan fingerprint density at radius 1 is 0.963 bits per heavy atom. The summed E-state index contributed by atoms with van der Waals surface area (Å²) in [6.45, 7) is 0.988. The first kappa shape index (κ1) is 18.6. The van der Waals surface area contributed by atoms with Crippen LogP contribution in [0.1, 0.15) is 30.4 Å². The lowest BCUT2D eigenvalue weighted by Crippen LogP contribution is -2.34. The van der Waals surface area contributed by atoms with Gasteiger partial charge in [0.15, 0.2) is 0 Å². The number of nitrogens with one attached hydrogen (secondary N) is 1. The number of carbonyl (C=O) groups excluding carboxylic acids is 3. The summed E-state index contributed by atoms with van der Waals surface area (Å²) in [6, 6.07) is 17.4. The SMILES string of the molecule is O=C(CCN1C(=O)CCC1=O)NCc1cccc(OCc2ccccc2)c1. The zero-order valence-corrected chi connectivity index (χ0v) is 15.0. The molecule has 6 heteroatoms. The van der Waals surface area contributed by atoms with Crippen molar-refractivity contribution in [3.63, 3.8) is 0 Å². The third kappa shape index (κ3) is 5.41. The van der Waals surface area contributed by atoms with E-state index in [0.717, 1.165) is 21.8 Å². The molecule has 1 saturated heterocycles. The molecule has 1 fully saturated rings. The highest BCUT2D eigenvalue weighted by molar-refractivity contribution is 6.02. The van der Waals surface area contributed by atoms with Gasteiger partial charge < -0.3 is 10.1 Å². The minimum atomic E-state index is -0.198. The fraction of sp³-hybridized carbons (Fsp3) is 0.286. The molecule has 0 saturated carbocycles. The lowest BCUT2D eigenvalue weighted by Gasteiger charge is -2.13. The van der Waals surface area contributed by atoms with Gasteiger partial charge in [0.05, 0.1) is 0 Å². The van der Waals surface area contributed by atoms with Gasteiger partial charge in [0, 0.05) is 32.4 Å². The smallest absolute Gasteiger partial charge is 0.229 e. The number of rotatable bonds is 8. The Balaban J connectivity index is 1.44. The summed E-state index contributed by atoms with van der Waals surface area (Å²) in [7, 11) is 0. The van der Waals surface area contributed by atoms with Gasteiger partial charge in [0.1, 0.15) is 12.4 Å². The second-order valence-corrected chi connectivity index (χ2v) is 6.39. The van der Waals surface area contributed by atoms with Crippen LogP contribution in [0.15, 0.2) is 54.6 Å². The fourth-order valence-electron chi connectivity index (χ4n) is 2.86.